The van der Waals surface area contributed by atoms with Crippen LogP contribution in [0, 0.1) is 5.82 Å². The minimum absolute atomic E-state index is 0.0121. The smallest absolute Gasteiger partial charge is 0.241 e. The normalized spacial score (nSPS) is 20.5. The Balaban J connectivity index is 1.69. The molecule has 0 spiro atoms. The van der Waals surface area contributed by atoms with E-state index >= 15 is 0 Å². The number of hydrogen-bond donors (Lipinski definition) is 2. The average Bonchev–Trinajstić information content (AvgIpc) is 2.99. The molecule has 2 atom stereocenters. The number of nitrogens with zero attached hydrogens (tertiary/aromatic N) is 4. The molecule has 0 unspecified atom stereocenters. The highest BCUT2D eigenvalue weighted by molar-refractivity contribution is 5.64. The second-order valence-corrected chi connectivity index (χ2v) is 8.12. The number of pyridine rings is 1. The number of hydrogen-bond acceptors (Lipinski definition) is 6. The molecule has 148 valence electrons. The lowest BCUT2D eigenvalue weighted by atomic mass is 9.88. The highest BCUT2D eigenvalue weighted by atomic mass is 19.1. The third kappa shape index (κ3) is 3.57. The molecule has 0 aliphatic carbocycles. The van der Waals surface area contributed by atoms with Gasteiger partial charge in [-0.1, -0.05) is 26.8 Å². The maximum Gasteiger partial charge on any atom is 0.241 e. The Bertz CT molecular complexity index is 981. The molecule has 0 amide bonds. The SMILES string of the molecule is CC(C)(C)c1ccc(-c2cc(F)c3cnc(N[C@@H]4CCOC[C@H]4O)nn23)nc1. The molecule has 4 heterocycles. The zero-order chi connectivity index (χ0) is 19.9. The highest BCUT2D eigenvalue weighted by Gasteiger charge is 2.25. The van der Waals surface area contributed by atoms with Gasteiger partial charge in [-0.3, -0.25) is 4.98 Å². The summed E-state index contributed by atoms with van der Waals surface area (Å²) in [5, 5.41) is 17.6. The van der Waals surface area contributed by atoms with Gasteiger partial charge < -0.3 is 15.2 Å². The molecule has 4 rings (SSSR count). The first kappa shape index (κ1) is 18.8. The number of fused-ring (bicyclic) bond motifs is 1. The van der Waals surface area contributed by atoms with Crippen molar-refractivity contribution in [1.82, 2.24) is 19.6 Å². The highest BCUT2D eigenvalue weighted by Crippen LogP contribution is 2.27. The van der Waals surface area contributed by atoms with Crippen molar-refractivity contribution < 1.29 is 14.2 Å². The van der Waals surface area contributed by atoms with Gasteiger partial charge in [0.15, 0.2) is 5.82 Å². The molecule has 1 aliphatic heterocycles. The zero-order valence-electron chi connectivity index (χ0n) is 16.2. The summed E-state index contributed by atoms with van der Waals surface area (Å²) in [5.41, 5.74) is 2.54. The lowest BCUT2D eigenvalue weighted by molar-refractivity contribution is -0.0136. The summed E-state index contributed by atoms with van der Waals surface area (Å²) in [6.07, 6.45) is 3.25. The molecule has 1 aliphatic rings. The second kappa shape index (κ2) is 7.10. The number of aromatic nitrogens is 4. The van der Waals surface area contributed by atoms with Gasteiger partial charge in [-0.2, -0.15) is 0 Å². The van der Waals surface area contributed by atoms with Crippen LogP contribution in [0.5, 0.6) is 0 Å². The molecule has 7 nitrogen and oxygen atoms in total. The van der Waals surface area contributed by atoms with Crippen molar-refractivity contribution in [3.8, 4) is 11.4 Å². The molecule has 28 heavy (non-hydrogen) atoms. The van der Waals surface area contributed by atoms with Crippen LogP contribution in [-0.4, -0.2) is 50.0 Å². The van der Waals surface area contributed by atoms with Crippen LogP contribution < -0.4 is 5.32 Å². The second-order valence-electron chi connectivity index (χ2n) is 8.12. The molecule has 2 N–H and O–H groups in total. The lowest BCUT2D eigenvalue weighted by Gasteiger charge is -2.28. The largest absolute Gasteiger partial charge is 0.389 e. The third-order valence-corrected chi connectivity index (χ3v) is 5.00. The third-order valence-electron chi connectivity index (χ3n) is 5.00. The maximum absolute atomic E-state index is 14.4. The lowest BCUT2D eigenvalue weighted by Crippen LogP contribution is -2.42. The summed E-state index contributed by atoms with van der Waals surface area (Å²) in [5.74, 6) is -0.0871. The van der Waals surface area contributed by atoms with Crippen LogP contribution in [0.1, 0.15) is 32.8 Å². The van der Waals surface area contributed by atoms with E-state index in [1.54, 1.807) is 0 Å². The van der Waals surface area contributed by atoms with Gasteiger partial charge in [-0.15, -0.1) is 5.10 Å². The number of aliphatic hydroxyl groups excluding tert-OH is 1. The predicted molar refractivity (Wildman–Crippen MR) is 104 cm³/mol. The summed E-state index contributed by atoms with van der Waals surface area (Å²) in [4.78, 5) is 8.71. The minimum atomic E-state index is -0.638. The Morgan fingerprint density at radius 1 is 1.25 bits per heavy atom. The van der Waals surface area contributed by atoms with E-state index in [9.17, 15) is 9.50 Å². The van der Waals surface area contributed by atoms with E-state index in [2.05, 4.69) is 41.2 Å². The molecule has 0 aromatic carbocycles. The first-order chi connectivity index (χ1) is 13.3. The number of anilines is 1. The molecule has 0 saturated carbocycles. The molecule has 0 radical (unpaired) electrons. The van der Waals surface area contributed by atoms with Crippen LogP contribution in [0.2, 0.25) is 0 Å². The molecule has 8 heteroatoms. The van der Waals surface area contributed by atoms with Crippen molar-refractivity contribution in [1.29, 1.82) is 0 Å². The maximum atomic E-state index is 14.4. The van der Waals surface area contributed by atoms with Crippen molar-refractivity contribution in [3.05, 3.63) is 42.0 Å². The van der Waals surface area contributed by atoms with Gasteiger partial charge in [0, 0.05) is 18.9 Å². The summed E-state index contributed by atoms with van der Waals surface area (Å²) in [7, 11) is 0. The first-order valence-corrected chi connectivity index (χ1v) is 9.36. The van der Waals surface area contributed by atoms with Crippen LogP contribution in [-0.2, 0) is 10.2 Å². The zero-order valence-corrected chi connectivity index (χ0v) is 16.2. The quantitative estimate of drug-likeness (QED) is 0.721. The molecular weight excluding hydrogens is 361 g/mol. The number of rotatable bonds is 3. The van der Waals surface area contributed by atoms with Gasteiger partial charge in [0.05, 0.1) is 36.3 Å². The van der Waals surface area contributed by atoms with Crippen molar-refractivity contribution in [3.63, 3.8) is 0 Å². The Morgan fingerprint density at radius 2 is 2.07 bits per heavy atom. The van der Waals surface area contributed by atoms with E-state index in [1.807, 2.05) is 18.3 Å². The Hall–Kier alpha value is -2.58. The number of ether oxygens (including phenoxy) is 1. The first-order valence-electron chi connectivity index (χ1n) is 9.36. The van der Waals surface area contributed by atoms with Crippen LogP contribution in [0.25, 0.3) is 16.9 Å². The van der Waals surface area contributed by atoms with Gasteiger partial charge in [-0.05, 0) is 23.5 Å². The summed E-state index contributed by atoms with van der Waals surface area (Å²) >= 11 is 0. The molecule has 3 aromatic rings. The topological polar surface area (TPSA) is 84.6 Å². The summed E-state index contributed by atoms with van der Waals surface area (Å²) < 4.78 is 21.1. The van der Waals surface area contributed by atoms with Crippen molar-refractivity contribution in [2.75, 3.05) is 18.5 Å². The van der Waals surface area contributed by atoms with E-state index in [0.29, 0.717) is 30.4 Å². The fourth-order valence-corrected chi connectivity index (χ4v) is 3.25. The summed E-state index contributed by atoms with van der Waals surface area (Å²) in [6.45, 7) is 7.18. The van der Waals surface area contributed by atoms with Crippen molar-refractivity contribution in [2.24, 2.45) is 0 Å². The van der Waals surface area contributed by atoms with E-state index in [1.165, 1.54) is 16.8 Å². The number of nitrogens with one attached hydrogen (secondary N) is 1. The molecule has 1 fully saturated rings. The van der Waals surface area contributed by atoms with Crippen LogP contribution >= 0.6 is 0 Å². The molecule has 3 aromatic heterocycles. The van der Waals surface area contributed by atoms with Crippen molar-refractivity contribution >= 4 is 11.5 Å². The monoisotopic (exact) mass is 385 g/mol. The van der Waals surface area contributed by atoms with E-state index in [-0.39, 0.29) is 23.6 Å². The number of aliphatic hydroxyl groups is 1. The van der Waals surface area contributed by atoms with E-state index < -0.39 is 11.9 Å². The molecule has 0 bridgehead atoms. The predicted octanol–water partition coefficient (Wildman–Crippen LogP) is 2.79. The Labute approximate surface area is 162 Å². The van der Waals surface area contributed by atoms with Gasteiger partial charge in [0.2, 0.25) is 5.95 Å². The average molecular weight is 385 g/mol. The van der Waals surface area contributed by atoms with Crippen LogP contribution in [0.4, 0.5) is 10.3 Å². The van der Waals surface area contributed by atoms with Crippen molar-refractivity contribution in [2.45, 2.75) is 44.8 Å². The summed E-state index contributed by atoms with van der Waals surface area (Å²) in [6, 6.07) is 5.08. The molecular formula is C20H24FN5O2. The standard InChI is InChI=1S/C20H24FN5O2/c1-20(2,3)12-4-5-14(22-9-12)16-8-13(21)17-10-23-19(25-26(16)17)24-15-6-7-28-11-18(15)27/h4-5,8-10,15,18,27H,6-7,11H2,1-3H3,(H,24,25)/t15-,18-/m1/s1. The van der Waals surface area contributed by atoms with Gasteiger partial charge >= 0.3 is 0 Å². The number of halogens is 1. The van der Waals surface area contributed by atoms with E-state index in [0.717, 1.165) is 5.56 Å². The Kier molecular flexibility index (Phi) is 4.76. The van der Waals surface area contributed by atoms with E-state index in [4.69, 9.17) is 4.74 Å². The minimum Gasteiger partial charge on any atom is -0.389 e. The Morgan fingerprint density at radius 3 is 2.75 bits per heavy atom. The van der Waals surface area contributed by atoms with Gasteiger partial charge in [-0.25, -0.2) is 13.9 Å². The fraction of sp³-hybridized carbons (Fsp3) is 0.450. The van der Waals surface area contributed by atoms with Crippen LogP contribution in [0.3, 0.4) is 0 Å². The fourth-order valence-electron chi connectivity index (χ4n) is 3.25. The van der Waals surface area contributed by atoms with Gasteiger partial charge in [0.25, 0.3) is 0 Å². The van der Waals surface area contributed by atoms with Gasteiger partial charge in [0.1, 0.15) is 5.52 Å². The molecule has 1 saturated heterocycles. The van der Waals surface area contributed by atoms with Crippen LogP contribution in [0.15, 0.2) is 30.6 Å².